The van der Waals surface area contributed by atoms with Crippen LogP contribution in [0.4, 0.5) is 5.69 Å². The first-order chi connectivity index (χ1) is 9.36. The maximum absolute atomic E-state index is 9.06. The molecule has 1 unspecified atom stereocenters. The molecule has 1 atom stereocenters. The van der Waals surface area contributed by atoms with Crippen LogP contribution in [0.1, 0.15) is 22.7 Å². The van der Waals surface area contributed by atoms with Crippen molar-refractivity contribution in [1.29, 1.82) is 0 Å². The molecular formula is C16H17NOS. The van der Waals surface area contributed by atoms with E-state index in [1.807, 2.05) is 36.0 Å². The van der Waals surface area contributed by atoms with Crippen molar-refractivity contribution in [2.24, 2.45) is 0 Å². The molecule has 2 aromatic rings. The van der Waals surface area contributed by atoms with Gasteiger partial charge in [0.2, 0.25) is 0 Å². The number of hydrogen-bond donors (Lipinski definition) is 2. The van der Waals surface area contributed by atoms with E-state index in [4.69, 9.17) is 5.11 Å². The Labute approximate surface area is 117 Å². The summed E-state index contributed by atoms with van der Waals surface area (Å²) in [5, 5.41) is 12.6. The standard InChI is InChI=1S/C16H17NOS/c18-9-12-5-7-14(8-6-12)17-16-11-19-10-13-3-1-2-4-15(13)16/h1-8,16-18H,9-11H2. The number of anilines is 1. The Morgan fingerprint density at radius 1 is 1.11 bits per heavy atom. The number of aliphatic hydroxyl groups excluding tert-OH is 1. The fourth-order valence-corrected chi connectivity index (χ4v) is 3.51. The van der Waals surface area contributed by atoms with Crippen LogP contribution in [0.5, 0.6) is 0 Å². The molecular weight excluding hydrogens is 254 g/mol. The quantitative estimate of drug-likeness (QED) is 0.895. The van der Waals surface area contributed by atoms with Gasteiger partial charge in [0.25, 0.3) is 0 Å². The number of fused-ring (bicyclic) bond motifs is 1. The van der Waals surface area contributed by atoms with Gasteiger partial charge in [-0.15, -0.1) is 0 Å². The van der Waals surface area contributed by atoms with Crippen LogP contribution in [-0.4, -0.2) is 10.9 Å². The van der Waals surface area contributed by atoms with Gasteiger partial charge in [-0.1, -0.05) is 36.4 Å². The van der Waals surface area contributed by atoms with Crippen LogP contribution in [-0.2, 0) is 12.4 Å². The molecule has 0 bridgehead atoms. The number of aliphatic hydroxyl groups is 1. The molecule has 19 heavy (non-hydrogen) atoms. The first kappa shape index (κ1) is 12.6. The predicted molar refractivity (Wildman–Crippen MR) is 81.3 cm³/mol. The number of hydrogen-bond acceptors (Lipinski definition) is 3. The summed E-state index contributed by atoms with van der Waals surface area (Å²) in [7, 11) is 0. The highest BCUT2D eigenvalue weighted by Crippen LogP contribution is 2.33. The summed E-state index contributed by atoms with van der Waals surface area (Å²) in [6, 6.07) is 17.0. The molecule has 0 fully saturated rings. The Morgan fingerprint density at radius 3 is 2.68 bits per heavy atom. The Kier molecular flexibility index (Phi) is 3.76. The second-order valence-corrected chi connectivity index (χ2v) is 5.80. The molecule has 0 radical (unpaired) electrons. The topological polar surface area (TPSA) is 32.3 Å². The Hall–Kier alpha value is -1.45. The molecule has 2 aromatic carbocycles. The van der Waals surface area contributed by atoms with Crippen molar-refractivity contribution in [3.05, 3.63) is 65.2 Å². The maximum Gasteiger partial charge on any atom is 0.0681 e. The van der Waals surface area contributed by atoms with Crippen LogP contribution in [0.15, 0.2) is 48.5 Å². The third kappa shape index (κ3) is 2.77. The van der Waals surface area contributed by atoms with Gasteiger partial charge in [-0.2, -0.15) is 11.8 Å². The third-order valence-corrected chi connectivity index (χ3v) is 4.53. The lowest BCUT2D eigenvalue weighted by Gasteiger charge is -2.27. The summed E-state index contributed by atoms with van der Waals surface area (Å²) in [5.41, 5.74) is 4.90. The van der Waals surface area contributed by atoms with Gasteiger partial charge in [0.05, 0.1) is 12.6 Å². The van der Waals surface area contributed by atoms with E-state index in [9.17, 15) is 0 Å². The van der Waals surface area contributed by atoms with Gasteiger partial charge in [-0.25, -0.2) is 0 Å². The molecule has 0 aromatic heterocycles. The lowest BCUT2D eigenvalue weighted by Crippen LogP contribution is -2.18. The van der Waals surface area contributed by atoms with Crippen LogP contribution >= 0.6 is 11.8 Å². The summed E-state index contributed by atoms with van der Waals surface area (Å²) in [4.78, 5) is 0. The fraction of sp³-hybridized carbons (Fsp3) is 0.250. The Bertz CT molecular complexity index is 553. The minimum Gasteiger partial charge on any atom is -0.392 e. The van der Waals surface area contributed by atoms with Crippen molar-refractivity contribution in [3.63, 3.8) is 0 Å². The summed E-state index contributed by atoms with van der Waals surface area (Å²) >= 11 is 1.97. The number of rotatable bonds is 3. The zero-order chi connectivity index (χ0) is 13.1. The second-order valence-electron chi connectivity index (χ2n) is 4.77. The molecule has 0 saturated carbocycles. The van der Waals surface area contributed by atoms with E-state index < -0.39 is 0 Å². The number of thioether (sulfide) groups is 1. The van der Waals surface area contributed by atoms with E-state index in [0.29, 0.717) is 6.04 Å². The fourth-order valence-electron chi connectivity index (χ4n) is 2.41. The van der Waals surface area contributed by atoms with Gasteiger partial charge in [0, 0.05) is 17.2 Å². The van der Waals surface area contributed by atoms with Gasteiger partial charge >= 0.3 is 0 Å². The average molecular weight is 271 g/mol. The molecule has 0 spiro atoms. The Balaban J connectivity index is 1.80. The van der Waals surface area contributed by atoms with Crippen LogP contribution in [0.25, 0.3) is 0 Å². The molecule has 0 saturated heterocycles. The number of nitrogens with one attached hydrogen (secondary N) is 1. The maximum atomic E-state index is 9.06. The van der Waals surface area contributed by atoms with E-state index in [1.54, 1.807) is 0 Å². The highest BCUT2D eigenvalue weighted by Gasteiger charge is 2.19. The third-order valence-electron chi connectivity index (χ3n) is 3.45. The minimum absolute atomic E-state index is 0.0996. The molecule has 3 rings (SSSR count). The van der Waals surface area contributed by atoms with Gasteiger partial charge in [0.1, 0.15) is 0 Å². The molecule has 3 heteroatoms. The summed E-state index contributed by atoms with van der Waals surface area (Å²) < 4.78 is 0. The van der Waals surface area contributed by atoms with Crippen molar-refractivity contribution in [2.75, 3.05) is 11.1 Å². The average Bonchev–Trinajstić information content (AvgIpc) is 2.48. The SMILES string of the molecule is OCc1ccc(NC2CSCc3ccccc32)cc1. The normalized spacial score (nSPS) is 17.8. The monoisotopic (exact) mass is 271 g/mol. The van der Waals surface area contributed by atoms with Crippen molar-refractivity contribution < 1.29 is 5.11 Å². The molecule has 1 aliphatic heterocycles. The van der Waals surface area contributed by atoms with E-state index in [1.165, 1.54) is 11.1 Å². The zero-order valence-electron chi connectivity index (χ0n) is 10.7. The van der Waals surface area contributed by atoms with Crippen molar-refractivity contribution in [3.8, 4) is 0 Å². The van der Waals surface area contributed by atoms with E-state index in [0.717, 1.165) is 22.8 Å². The first-order valence-electron chi connectivity index (χ1n) is 6.49. The van der Waals surface area contributed by atoms with Gasteiger partial charge in [-0.3, -0.25) is 0 Å². The molecule has 1 aliphatic rings. The molecule has 1 heterocycles. The van der Waals surface area contributed by atoms with E-state index >= 15 is 0 Å². The smallest absolute Gasteiger partial charge is 0.0681 e. The molecule has 0 aliphatic carbocycles. The van der Waals surface area contributed by atoms with Crippen molar-refractivity contribution in [2.45, 2.75) is 18.4 Å². The summed E-state index contributed by atoms with van der Waals surface area (Å²) in [6.45, 7) is 0.0996. The minimum atomic E-state index is 0.0996. The lowest BCUT2D eigenvalue weighted by atomic mass is 10.0. The van der Waals surface area contributed by atoms with E-state index in [2.05, 4.69) is 29.6 Å². The summed E-state index contributed by atoms with van der Waals surface area (Å²) in [6.07, 6.45) is 0. The predicted octanol–water partition coefficient (Wildman–Crippen LogP) is 3.58. The van der Waals surface area contributed by atoms with Crippen molar-refractivity contribution >= 4 is 17.4 Å². The van der Waals surface area contributed by atoms with Crippen LogP contribution in [0.3, 0.4) is 0 Å². The van der Waals surface area contributed by atoms with Gasteiger partial charge in [0.15, 0.2) is 0 Å². The largest absolute Gasteiger partial charge is 0.392 e. The first-order valence-corrected chi connectivity index (χ1v) is 7.64. The van der Waals surface area contributed by atoms with Gasteiger partial charge < -0.3 is 10.4 Å². The molecule has 98 valence electrons. The van der Waals surface area contributed by atoms with Crippen LogP contribution in [0.2, 0.25) is 0 Å². The Morgan fingerprint density at radius 2 is 1.89 bits per heavy atom. The van der Waals surface area contributed by atoms with Crippen LogP contribution < -0.4 is 5.32 Å². The second kappa shape index (κ2) is 5.68. The molecule has 2 nitrogen and oxygen atoms in total. The van der Waals surface area contributed by atoms with Gasteiger partial charge in [-0.05, 0) is 28.8 Å². The van der Waals surface area contributed by atoms with E-state index in [-0.39, 0.29) is 6.61 Å². The highest BCUT2D eigenvalue weighted by atomic mass is 32.2. The summed E-state index contributed by atoms with van der Waals surface area (Å²) in [5.74, 6) is 2.20. The van der Waals surface area contributed by atoms with Crippen LogP contribution in [0, 0.1) is 0 Å². The highest BCUT2D eigenvalue weighted by molar-refractivity contribution is 7.98. The molecule has 0 amide bonds. The van der Waals surface area contributed by atoms with Crippen molar-refractivity contribution in [1.82, 2.24) is 0 Å². The lowest BCUT2D eigenvalue weighted by molar-refractivity contribution is 0.282. The number of benzene rings is 2. The molecule has 2 N–H and O–H groups in total. The zero-order valence-corrected chi connectivity index (χ0v) is 11.5.